The average molecular weight is 344 g/mol. The molecular weight excluding hydrogens is 327 g/mol. The second kappa shape index (κ2) is 7.88. The van der Waals surface area contributed by atoms with E-state index in [1.54, 1.807) is 29.7 Å². The first kappa shape index (κ1) is 16.4. The number of nitrogens with one attached hydrogen (secondary N) is 1. The summed E-state index contributed by atoms with van der Waals surface area (Å²) >= 11 is 1.64. The molecule has 24 heavy (non-hydrogen) atoms. The fourth-order valence-electron chi connectivity index (χ4n) is 2.26. The van der Waals surface area contributed by atoms with Crippen LogP contribution in [0.15, 0.2) is 51.8 Å². The summed E-state index contributed by atoms with van der Waals surface area (Å²) in [5, 5.41) is 6.95. The molecule has 4 nitrogen and oxygen atoms in total. The number of rotatable bonds is 7. The highest BCUT2D eigenvalue weighted by atomic mass is 32.1. The van der Waals surface area contributed by atoms with Crippen molar-refractivity contribution in [3.05, 3.63) is 64.4 Å². The Kier molecular flexibility index (Phi) is 5.38. The van der Waals surface area contributed by atoms with Crippen LogP contribution in [-0.2, 0) is 17.6 Å². The van der Waals surface area contributed by atoms with E-state index in [4.69, 9.17) is 4.42 Å². The van der Waals surface area contributed by atoms with Crippen LogP contribution in [0.4, 0.5) is 4.39 Å². The number of nitrogens with zero attached hydrogens (tertiary/aromatic N) is 1. The molecule has 0 bridgehead atoms. The van der Waals surface area contributed by atoms with Crippen molar-refractivity contribution < 1.29 is 13.6 Å². The van der Waals surface area contributed by atoms with E-state index < -0.39 is 0 Å². The maximum absolute atomic E-state index is 12.9. The molecule has 0 aliphatic carbocycles. The second-order valence-electron chi connectivity index (χ2n) is 5.38. The molecular formula is C18H17FN2O2S. The zero-order valence-electron chi connectivity index (χ0n) is 13.0. The largest absolute Gasteiger partial charge is 0.444 e. The first-order chi connectivity index (χ1) is 11.7. The third kappa shape index (κ3) is 4.52. The van der Waals surface area contributed by atoms with Crippen molar-refractivity contribution in [2.24, 2.45) is 0 Å². The van der Waals surface area contributed by atoms with Gasteiger partial charge in [-0.25, -0.2) is 9.37 Å². The molecule has 0 aliphatic rings. The van der Waals surface area contributed by atoms with Gasteiger partial charge in [0.15, 0.2) is 0 Å². The summed E-state index contributed by atoms with van der Waals surface area (Å²) in [6.07, 6.45) is 3.40. The van der Waals surface area contributed by atoms with Crippen molar-refractivity contribution >= 4 is 17.2 Å². The van der Waals surface area contributed by atoms with E-state index in [1.165, 1.54) is 17.7 Å². The number of hydrogen-bond acceptors (Lipinski definition) is 4. The molecule has 3 rings (SSSR count). The van der Waals surface area contributed by atoms with Gasteiger partial charge in [0.25, 0.3) is 0 Å². The van der Waals surface area contributed by atoms with E-state index in [-0.39, 0.29) is 11.7 Å². The smallest absolute Gasteiger partial charge is 0.226 e. The number of aryl methyl sites for hydroxylation is 1. The van der Waals surface area contributed by atoms with Crippen molar-refractivity contribution in [2.45, 2.75) is 19.3 Å². The molecule has 2 aromatic heterocycles. The Bertz CT molecular complexity index is 782. The summed E-state index contributed by atoms with van der Waals surface area (Å²) in [6.45, 7) is 0.512. The molecule has 0 atom stereocenters. The molecule has 1 aromatic carbocycles. The average Bonchev–Trinajstić information content (AvgIpc) is 3.25. The zero-order valence-corrected chi connectivity index (χ0v) is 13.8. The van der Waals surface area contributed by atoms with Gasteiger partial charge in [-0.3, -0.25) is 4.79 Å². The minimum absolute atomic E-state index is 0.0310. The van der Waals surface area contributed by atoms with E-state index in [1.807, 2.05) is 11.4 Å². The van der Waals surface area contributed by atoms with Gasteiger partial charge in [-0.15, -0.1) is 0 Å². The molecule has 6 heteroatoms. The summed E-state index contributed by atoms with van der Waals surface area (Å²) < 4.78 is 18.3. The molecule has 0 saturated heterocycles. The van der Waals surface area contributed by atoms with Gasteiger partial charge < -0.3 is 9.73 Å². The van der Waals surface area contributed by atoms with E-state index in [0.29, 0.717) is 25.3 Å². The van der Waals surface area contributed by atoms with Gasteiger partial charge in [-0.2, -0.15) is 11.3 Å². The van der Waals surface area contributed by atoms with Crippen LogP contribution in [-0.4, -0.2) is 17.4 Å². The lowest BCUT2D eigenvalue weighted by molar-refractivity contribution is -0.121. The number of halogens is 1. The standard InChI is InChI=1S/C18H17FN2O2S/c19-15-4-2-14(3-5-15)18-21-16(11-23-18)7-9-20-17(22)6-1-13-8-10-24-12-13/h2-5,8,10-12H,1,6-7,9H2,(H,20,22). The Morgan fingerprint density at radius 2 is 2.04 bits per heavy atom. The fraction of sp³-hybridized carbons (Fsp3) is 0.222. The highest BCUT2D eigenvalue weighted by molar-refractivity contribution is 7.07. The predicted octanol–water partition coefficient (Wildman–Crippen LogP) is 3.83. The van der Waals surface area contributed by atoms with Crippen LogP contribution in [0.25, 0.3) is 11.5 Å². The van der Waals surface area contributed by atoms with Gasteiger partial charge >= 0.3 is 0 Å². The summed E-state index contributed by atoms with van der Waals surface area (Å²) in [4.78, 5) is 16.2. The van der Waals surface area contributed by atoms with Gasteiger partial charge in [0.2, 0.25) is 11.8 Å². The molecule has 0 radical (unpaired) electrons. The highest BCUT2D eigenvalue weighted by Crippen LogP contribution is 2.19. The molecule has 1 N–H and O–H groups in total. The second-order valence-corrected chi connectivity index (χ2v) is 6.16. The monoisotopic (exact) mass is 344 g/mol. The first-order valence-electron chi connectivity index (χ1n) is 7.69. The van der Waals surface area contributed by atoms with Crippen LogP contribution in [0.5, 0.6) is 0 Å². The predicted molar refractivity (Wildman–Crippen MR) is 91.3 cm³/mol. The quantitative estimate of drug-likeness (QED) is 0.709. The Morgan fingerprint density at radius 3 is 2.79 bits per heavy atom. The van der Waals surface area contributed by atoms with Crippen LogP contribution in [0, 0.1) is 5.82 Å². The van der Waals surface area contributed by atoms with Gasteiger partial charge in [0.1, 0.15) is 12.1 Å². The molecule has 3 aromatic rings. The molecule has 124 valence electrons. The first-order valence-corrected chi connectivity index (χ1v) is 8.63. The number of carbonyl (C=O) groups is 1. The van der Waals surface area contributed by atoms with Gasteiger partial charge in [0, 0.05) is 24.9 Å². The topological polar surface area (TPSA) is 55.1 Å². The third-order valence-corrected chi connectivity index (χ3v) is 4.30. The lowest BCUT2D eigenvalue weighted by Gasteiger charge is -2.03. The minimum atomic E-state index is -0.296. The fourth-order valence-corrected chi connectivity index (χ4v) is 2.96. The maximum Gasteiger partial charge on any atom is 0.226 e. The summed E-state index contributed by atoms with van der Waals surface area (Å²) in [5.41, 5.74) is 2.67. The molecule has 0 unspecified atom stereocenters. The number of thiophene rings is 1. The van der Waals surface area contributed by atoms with Crippen LogP contribution in [0.2, 0.25) is 0 Å². The van der Waals surface area contributed by atoms with Crippen LogP contribution >= 0.6 is 11.3 Å². The van der Waals surface area contributed by atoms with E-state index in [2.05, 4.69) is 15.7 Å². The molecule has 1 amide bonds. The van der Waals surface area contributed by atoms with E-state index >= 15 is 0 Å². The van der Waals surface area contributed by atoms with Gasteiger partial charge in [0.05, 0.1) is 5.69 Å². The van der Waals surface area contributed by atoms with Crippen molar-refractivity contribution in [3.8, 4) is 11.5 Å². The Hall–Kier alpha value is -2.47. The SMILES string of the molecule is O=C(CCc1ccsc1)NCCc1coc(-c2ccc(F)cc2)n1. The number of benzene rings is 1. The number of amides is 1. The Morgan fingerprint density at radius 1 is 1.21 bits per heavy atom. The zero-order chi connectivity index (χ0) is 16.8. The van der Waals surface area contributed by atoms with E-state index in [0.717, 1.165) is 17.7 Å². The van der Waals surface area contributed by atoms with Crippen molar-refractivity contribution in [1.29, 1.82) is 0 Å². The third-order valence-electron chi connectivity index (χ3n) is 3.57. The molecule has 0 saturated carbocycles. The molecule has 0 aliphatic heterocycles. The normalized spacial score (nSPS) is 10.7. The number of carbonyl (C=O) groups excluding carboxylic acids is 1. The van der Waals surface area contributed by atoms with Crippen molar-refractivity contribution in [3.63, 3.8) is 0 Å². The highest BCUT2D eigenvalue weighted by Gasteiger charge is 2.08. The lowest BCUT2D eigenvalue weighted by Crippen LogP contribution is -2.25. The van der Waals surface area contributed by atoms with E-state index in [9.17, 15) is 9.18 Å². The van der Waals surface area contributed by atoms with Crippen LogP contribution in [0.1, 0.15) is 17.7 Å². The number of oxazole rings is 1. The van der Waals surface area contributed by atoms with Crippen molar-refractivity contribution in [1.82, 2.24) is 10.3 Å². The molecule has 0 fully saturated rings. The summed E-state index contributed by atoms with van der Waals surface area (Å²) in [6, 6.07) is 8.01. The number of hydrogen-bond donors (Lipinski definition) is 1. The lowest BCUT2D eigenvalue weighted by atomic mass is 10.2. The van der Waals surface area contributed by atoms with Gasteiger partial charge in [-0.05, 0) is 53.1 Å². The van der Waals surface area contributed by atoms with Crippen LogP contribution < -0.4 is 5.32 Å². The maximum atomic E-state index is 12.9. The van der Waals surface area contributed by atoms with Crippen LogP contribution in [0.3, 0.4) is 0 Å². The minimum Gasteiger partial charge on any atom is -0.444 e. The Balaban J connectivity index is 1.43. The summed E-state index contributed by atoms with van der Waals surface area (Å²) in [5.74, 6) is 0.188. The van der Waals surface area contributed by atoms with Gasteiger partial charge in [-0.1, -0.05) is 0 Å². The Labute approximate surface area is 143 Å². The summed E-state index contributed by atoms with van der Waals surface area (Å²) in [7, 11) is 0. The number of aromatic nitrogens is 1. The molecule has 2 heterocycles. The van der Waals surface area contributed by atoms with Crippen molar-refractivity contribution in [2.75, 3.05) is 6.54 Å². The molecule has 0 spiro atoms.